The number of sulfonamides is 1. The molecule has 2 aromatic carbocycles. The van der Waals surface area contributed by atoms with Crippen LogP contribution in [-0.2, 0) is 14.8 Å². The Balaban J connectivity index is 1.88. The number of ether oxygens (including phenoxy) is 1. The van der Waals surface area contributed by atoms with Crippen molar-refractivity contribution < 1.29 is 22.3 Å². The third kappa shape index (κ3) is 4.90. The van der Waals surface area contributed by atoms with E-state index in [2.05, 4.69) is 35.2 Å². The van der Waals surface area contributed by atoms with Gasteiger partial charge in [-0.25, -0.2) is 27.6 Å². The highest BCUT2D eigenvalue weighted by molar-refractivity contribution is 7.92. The zero-order valence-corrected chi connectivity index (χ0v) is 20.7. The third-order valence-electron chi connectivity index (χ3n) is 5.39. The van der Waals surface area contributed by atoms with Crippen molar-refractivity contribution in [2.45, 2.75) is 32.9 Å². The Hall–Kier alpha value is -3.74. The summed E-state index contributed by atoms with van der Waals surface area (Å²) < 4.78 is 47.6. The molecule has 0 radical (unpaired) electrons. The molecule has 0 saturated carbocycles. The minimum atomic E-state index is -3.68. The quantitative estimate of drug-likeness (QED) is 0.326. The van der Waals surface area contributed by atoms with Crippen molar-refractivity contribution in [1.82, 2.24) is 25.1 Å². The van der Waals surface area contributed by atoms with Crippen molar-refractivity contribution >= 4 is 60.3 Å². The molecule has 2 aromatic heterocycles. The molecule has 0 fully saturated rings. The van der Waals surface area contributed by atoms with E-state index >= 15 is 4.39 Å². The number of anilines is 2. The fourth-order valence-corrected chi connectivity index (χ4v) is 4.31. The average molecular weight is 504 g/mol. The van der Waals surface area contributed by atoms with E-state index in [1.807, 2.05) is 13.8 Å². The normalized spacial score (nSPS) is 12.9. The van der Waals surface area contributed by atoms with Gasteiger partial charge in [-0.05, 0) is 32.2 Å². The lowest BCUT2D eigenvalue weighted by Crippen LogP contribution is -2.37. The van der Waals surface area contributed by atoms with Gasteiger partial charge in [-0.15, -0.1) is 0 Å². The van der Waals surface area contributed by atoms with E-state index < -0.39 is 21.9 Å². The van der Waals surface area contributed by atoms with Gasteiger partial charge in [0.1, 0.15) is 5.52 Å². The smallest absolute Gasteiger partial charge is 0.407 e. The van der Waals surface area contributed by atoms with Gasteiger partial charge in [-0.3, -0.25) is 9.40 Å². The molecule has 0 aliphatic heterocycles. The van der Waals surface area contributed by atoms with Crippen LogP contribution in [0.4, 0.5) is 20.8 Å². The number of hydrogen-bond donors (Lipinski definition) is 3. The summed E-state index contributed by atoms with van der Waals surface area (Å²) in [6.45, 7) is 6.04. The van der Waals surface area contributed by atoms with Crippen LogP contribution < -0.4 is 15.4 Å². The standard InChI is InChI=1S/C22H26FN7O4S/c1-11(2)30-10-15-19-14(9-25-21(27-19)24-8-12(3)26-22(31)34-4)13-6-7-16(29-35(5,32)33)18(23)17(13)20(15)28-30/h6-7,9-12,29H,8H2,1-5H3,(H,26,31)(H,24,25,27). The predicted octanol–water partition coefficient (Wildman–Crippen LogP) is 3.38. The van der Waals surface area contributed by atoms with E-state index in [0.717, 1.165) is 6.26 Å². The number of fused-ring (bicyclic) bond motifs is 6. The Bertz CT molecular complexity index is 1550. The van der Waals surface area contributed by atoms with Crippen LogP contribution in [0.3, 0.4) is 0 Å². The van der Waals surface area contributed by atoms with Crippen molar-refractivity contribution in [1.29, 1.82) is 0 Å². The van der Waals surface area contributed by atoms with Crippen LogP contribution in [0.15, 0.2) is 24.5 Å². The molecule has 35 heavy (non-hydrogen) atoms. The van der Waals surface area contributed by atoms with Gasteiger partial charge in [-0.1, -0.05) is 6.07 Å². The van der Waals surface area contributed by atoms with E-state index in [-0.39, 0.29) is 23.2 Å². The number of nitrogens with one attached hydrogen (secondary N) is 3. The Labute approximate surface area is 201 Å². The van der Waals surface area contributed by atoms with Gasteiger partial charge >= 0.3 is 6.09 Å². The monoisotopic (exact) mass is 503 g/mol. The van der Waals surface area contributed by atoms with Crippen molar-refractivity contribution in [3.63, 3.8) is 0 Å². The molecule has 1 unspecified atom stereocenters. The number of carbonyl (C=O) groups is 1. The Kier molecular flexibility index (Phi) is 6.36. The lowest BCUT2D eigenvalue weighted by Gasteiger charge is -2.14. The number of rotatable bonds is 7. The number of benzene rings is 2. The second-order valence-electron chi connectivity index (χ2n) is 8.56. The molecule has 13 heteroatoms. The first kappa shape index (κ1) is 24.4. The minimum Gasteiger partial charge on any atom is -0.453 e. The minimum absolute atomic E-state index is 0.00225. The van der Waals surface area contributed by atoms with E-state index in [1.54, 1.807) is 30.1 Å². The first-order chi connectivity index (χ1) is 16.5. The van der Waals surface area contributed by atoms with Crippen LogP contribution in [0.2, 0.25) is 0 Å². The fourth-order valence-electron chi connectivity index (χ4n) is 3.75. The van der Waals surface area contributed by atoms with E-state index in [0.29, 0.717) is 39.7 Å². The highest BCUT2D eigenvalue weighted by Gasteiger charge is 2.21. The summed E-state index contributed by atoms with van der Waals surface area (Å²) in [5.41, 5.74) is 0.765. The highest BCUT2D eigenvalue weighted by Crippen LogP contribution is 2.37. The third-order valence-corrected chi connectivity index (χ3v) is 5.98. The number of hydrogen-bond acceptors (Lipinski definition) is 8. The molecule has 0 aliphatic rings. The second-order valence-corrected chi connectivity index (χ2v) is 10.3. The van der Waals surface area contributed by atoms with Crippen LogP contribution >= 0.6 is 0 Å². The van der Waals surface area contributed by atoms with E-state index in [1.165, 1.54) is 13.2 Å². The van der Waals surface area contributed by atoms with Crippen LogP contribution in [-0.4, -0.2) is 60.2 Å². The van der Waals surface area contributed by atoms with Crippen LogP contribution in [0.25, 0.3) is 32.6 Å². The summed E-state index contributed by atoms with van der Waals surface area (Å²) in [6.07, 6.45) is 3.79. The van der Waals surface area contributed by atoms with Crippen molar-refractivity contribution in [3.8, 4) is 0 Å². The summed E-state index contributed by atoms with van der Waals surface area (Å²) in [7, 11) is -2.39. The van der Waals surface area contributed by atoms with Crippen molar-refractivity contribution in [2.75, 3.05) is 29.9 Å². The summed E-state index contributed by atoms with van der Waals surface area (Å²) >= 11 is 0. The lowest BCUT2D eigenvalue weighted by atomic mass is 10.0. The largest absolute Gasteiger partial charge is 0.453 e. The number of amides is 1. The maximum atomic E-state index is 15.6. The Morgan fingerprint density at radius 1 is 1.17 bits per heavy atom. The van der Waals surface area contributed by atoms with E-state index in [9.17, 15) is 13.2 Å². The molecule has 0 bridgehead atoms. The molecule has 1 amide bonds. The first-order valence-electron chi connectivity index (χ1n) is 10.8. The van der Waals surface area contributed by atoms with Gasteiger partial charge in [0.25, 0.3) is 0 Å². The van der Waals surface area contributed by atoms with Gasteiger partial charge < -0.3 is 15.4 Å². The summed E-state index contributed by atoms with van der Waals surface area (Å²) in [4.78, 5) is 20.4. The van der Waals surface area contributed by atoms with Gasteiger partial charge in [0.2, 0.25) is 16.0 Å². The molecule has 186 valence electrons. The van der Waals surface area contributed by atoms with Gasteiger partial charge in [0.15, 0.2) is 5.82 Å². The zero-order valence-electron chi connectivity index (χ0n) is 19.9. The summed E-state index contributed by atoms with van der Waals surface area (Å²) in [5.74, 6) is -0.400. The second kappa shape index (κ2) is 9.13. The molecule has 0 saturated heterocycles. The van der Waals surface area contributed by atoms with Crippen molar-refractivity contribution in [2.24, 2.45) is 0 Å². The van der Waals surface area contributed by atoms with Gasteiger partial charge in [0.05, 0.1) is 24.6 Å². The average Bonchev–Trinajstić information content (AvgIpc) is 3.24. The van der Waals surface area contributed by atoms with Gasteiger partial charge in [0, 0.05) is 47.2 Å². The molecule has 0 aliphatic carbocycles. The highest BCUT2D eigenvalue weighted by atomic mass is 32.2. The topological polar surface area (TPSA) is 140 Å². The number of nitrogens with zero attached hydrogens (tertiary/aromatic N) is 4. The van der Waals surface area contributed by atoms with Crippen LogP contribution in [0.1, 0.15) is 26.8 Å². The number of methoxy groups -OCH3 is 1. The maximum Gasteiger partial charge on any atom is 0.407 e. The maximum absolute atomic E-state index is 15.6. The van der Waals surface area contributed by atoms with Gasteiger partial charge in [-0.2, -0.15) is 5.10 Å². The summed E-state index contributed by atoms with van der Waals surface area (Å²) in [5, 5.41) is 12.2. The molecule has 1 atom stereocenters. The number of aromatic nitrogens is 4. The summed E-state index contributed by atoms with van der Waals surface area (Å²) in [6, 6.07) is 2.74. The SMILES string of the molecule is COC(=O)NC(C)CNc1ncc2c3ccc(NS(C)(=O)=O)c(F)c3c3nn(C(C)C)cc3c2n1. The molecule has 3 N–H and O–H groups in total. The zero-order chi connectivity index (χ0) is 25.5. The molecule has 0 spiro atoms. The predicted molar refractivity (Wildman–Crippen MR) is 133 cm³/mol. The number of alkyl carbamates (subject to hydrolysis) is 1. The number of halogens is 1. The Morgan fingerprint density at radius 2 is 1.91 bits per heavy atom. The van der Waals surface area contributed by atoms with Crippen LogP contribution in [0.5, 0.6) is 0 Å². The van der Waals surface area contributed by atoms with Crippen molar-refractivity contribution in [3.05, 3.63) is 30.3 Å². The molecule has 4 rings (SSSR count). The number of carbonyl (C=O) groups excluding carboxylic acids is 1. The van der Waals surface area contributed by atoms with Crippen LogP contribution in [0, 0.1) is 5.82 Å². The van der Waals surface area contributed by atoms with E-state index in [4.69, 9.17) is 0 Å². The molecule has 11 nitrogen and oxygen atoms in total. The fraction of sp³-hybridized carbons (Fsp3) is 0.364. The Morgan fingerprint density at radius 3 is 2.57 bits per heavy atom. The molecular formula is C22H26FN7O4S. The first-order valence-corrected chi connectivity index (χ1v) is 12.7. The lowest BCUT2D eigenvalue weighted by molar-refractivity contribution is 0.168. The molecule has 4 aromatic rings. The molecular weight excluding hydrogens is 477 g/mol. The molecule has 2 heterocycles.